The first-order valence-electron chi connectivity index (χ1n) is 6.19. The molecule has 92 valence electrons. The second-order valence-electron chi connectivity index (χ2n) is 5.07. The Morgan fingerprint density at radius 3 is 2.82 bits per heavy atom. The van der Waals surface area contributed by atoms with E-state index in [1.54, 1.807) is 0 Å². The van der Waals surface area contributed by atoms with Gasteiger partial charge in [0, 0.05) is 30.7 Å². The second-order valence-corrected chi connectivity index (χ2v) is 5.07. The first kappa shape index (κ1) is 12.1. The molecule has 1 fully saturated rings. The third kappa shape index (κ3) is 2.86. The van der Waals surface area contributed by atoms with E-state index >= 15 is 0 Å². The molecule has 3 nitrogen and oxygen atoms in total. The van der Waals surface area contributed by atoms with Crippen LogP contribution in [0.1, 0.15) is 25.8 Å². The van der Waals surface area contributed by atoms with Crippen LogP contribution >= 0.6 is 0 Å². The molecule has 1 aromatic carbocycles. The summed E-state index contributed by atoms with van der Waals surface area (Å²) in [5.41, 5.74) is 2.21. The van der Waals surface area contributed by atoms with Crippen LogP contribution in [0.5, 0.6) is 0 Å². The minimum Gasteiger partial charge on any atom is -0.311 e. The summed E-state index contributed by atoms with van der Waals surface area (Å²) in [4.78, 5) is 13.8. The van der Waals surface area contributed by atoms with Gasteiger partial charge < -0.3 is 10.2 Å². The topological polar surface area (TPSA) is 32.3 Å². The zero-order valence-corrected chi connectivity index (χ0v) is 10.7. The average molecular weight is 232 g/mol. The molecule has 0 spiro atoms. The van der Waals surface area contributed by atoms with Gasteiger partial charge in [-0.25, -0.2) is 0 Å². The molecule has 1 aliphatic rings. The van der Waals surface area contributed by atoms with E-state index in [-0.39, 0.29) is 11.9 Å². The lowest BCUT2D eigenvalue weighted by Gasteiger charge is -2.18. The van der Waals surface area contributed by atoms with Gasteiger partial charge in [0.2, 0.25) is 5.91 Å². The maximum atomic E-state index is 12.0. The van der Waals surface area contributed by atoms with Crippen LogP contribution < -0.4 is 10.2 Å². The smallest absolute Gasteiger partial charge is 0.228 e. The van der Waals surface area contributed by atoms with Crippen LogP contribution in [-0.4, -0.2) is 24.5 Å². The predicted molar refractivity (Wildman–Crippen MR) is 70.2 cm³/mol. The Morgan fingerprint density at radius 2 is 2.18 bits per heavy atom. The second kappa shape index (κ2) is 4.88. The quantitative estimate of drug-likeness (QED) is 0.865. The highest BCUT2D eigenvalue weighted by molar-refractivity contribution is 5.96. The number of rotatable bonds is 3. The van der Waals surface area contributed by atoms with Crippen molar-refractivity contribution in [3.63, 3.8) is 0 Å². The zero-order chi connectivity index (χ0) is 12.4. The van der Waals surface area contributed by atoms with Gasteiger partial charge in [-0.3, -0.25) is 4.79 Å². The minimum atomic E-state index is 0.216. The average Bonchev–Trinajstić information content (AvgIpc) is 2.58. The van der Waals surface area contributed by atoms with Crippen LogP contribution in [0, 0.1) is 6.92 Å². The summed E-state index contributed by atoms with van der Waals surface area (Å²) in [6, 6.07) is 8.82. The van der Waals surface area contributed by atoms with E-state index in [1.807, 2.05) is 30.0 Å². The predicted octanol–water partition coefficient (Wildman–Crippen LogP) is 2.10. The number of nitrogens with one attached hydrogen (secondary N) is 1. The molecule has 1 aromatic rings. The molecule has 1 saturated heterocycles. The number of carbonyl (C=O) groups is 1. The lowest BCUT2D eigenvalue weighted by molar-refractivity contribution is -0.117. The Kier molecular flexibility index (Phi) is 3.48. The van der Waals surface area contributed by atoms with Gasteiger partial charge in [-0.05, 0) is 24.6 Å². The molecule has 17 heavy (non-hydrogen) atoms. The highest BCUT2D eigenvalue weighted by Crippen LogP contribution is 2.22. The van der Waals surface area contributed by atoms with E-state index in [0.717, 1.165) is 12.2 Å². The number of anilines is 1. The van der Waals surface area contributed by atoms with Gasteiger partial charge in [0.15, 0.2) is 0 Å². The molecule has 0 aromatic heterocycles. The molecule has 1 N–H and O–H groups in total. The van der Waals surface area contributed by atoms with Gasteiger partial charge in [0.05, 0.1) is 0 Å². The van der Waals surface area contributed by atoms with Crippen molar-refractivity contribution in [2.75, 3.05) is 11.4 Å². The van der Waals surface area contributed by atoms with E-state index in [2.05, 4.69) is 25.2 Å². The number of carbonyl (C=O) groups excluding carboxylic acids is 1. The van der Waals surface area contributed by atoms with E-state index < -0.39 is 0 Å². The third-order valence-corrected chi connectivity index (χ3v) is 3.01. The molecular weight excluding hydrogens is 212 g/mol. The number of aryl methyl sites for hydroxylation is 1. The van der Waals surface area contributed by atoms with Gasteiger partial charge in [0.25, 0.3) is 0 Å². The lowest BCUT2D eigenvalue weighted by Crippen LogP contribution is -2.37. The first-order chi connectivity index (χ1) is 8.06. The summed E-state index contributed by atoms with van der Waals surface area (Å²) >= 11 is 0. The van der Waals surface area contributed by atoms with Crippen LogP contribution in [0.15, 0.2) is 24.3 Å². The monoisotopic (exact) mass is 232 g/mol. The van der Waals surface area contributed by atoms with Crippen LogP contribution in [0.25, 0.3) is 0 Å². The third-order valence-electron chi connectivity index (χ3n) is 3.01. The van der Waals surface area contributed by atoms with Crippen molar-refractivity contribution in [1.82, 2.24) is 5.32 Å². The standard InChI is InChI=1S/C14H20N2O/c1-10(2)15-12-8-14(17)16(9-12)13-6-4-5-11(3)7-13/h4-7,10,12,15H,8-9H2,1-3H3. The molecule has 0 saturated carbocycles. The highest BCUT2D eigenvalue weighted by Gasteiger charge is 2.30. The summed E-state index contributed by atoms with van der Waals surface area (Å²) < 4.78 is 0. The fourth-order valence-electron chi connectivity index (χ4n) is 2.34. The zero-order valence-electron chi connectivity index (χ0n) is 10.7. The van der Waals surface area contributed by atoms with E-state index in [9.17, 15) is 4.79 Å². The van der Waals surface area contributed by atoms with Crippen molar-refractivity contribution >= 4 is 11.6 Å². The van der Waals surface area contributed by atoms with Crippen LogP contribution in [-0.2, 0) is 4.79 Å². The SMILES string of the molecule is Cc1cccc(N2CC(NC(C)C)CC2=O)c1. The Bertz CT molecular complexity index is 414. The largest absolute Gasteiger partial charge is 0.311 e. The number of hydrogen-bond acceptors (Lipinski definition) is 2. The molecular formula is C14H20N2O. The summed E-state index contributed by atoms with van der Waals surface area (Å²) in [5.74, 6) is 0.216. The highest BCUT2D eigenvalue weighted by atomic mass is 16.2. The molecule has 0 aliphatic carbocycles. The van der Waals surface area contributed by atoms with Crippen molar-refractivity contribution < 1.29 is 4.79 Å². The van der Waals surface area contributed by atoms with Crippen molar-refractivity contribution in [3.05, 3.63) is 29.8 Å². The van der Waals surface area contributed by atoms with Gasteiger partial charge in [0.1, 0.15) is 0 Å². The lowest BCUT2D eigenvalue weighted by atomic mass is 10.2. The summed E-state index contributed by atoms with van der Waals surface area (Å²) in [6.07, 6.45) is 0.603. The van der Waals surface area contributed by atoms with Crippen molar-refractivity contribution in [3.8, 4) is 0 Å². The summed E-state index contributed by atoms with van der Waals surface area (Å²) in [6.45, 7) is 7.05. The van der Waals surface area contributed by atoms with E-state index in [0.29, 0.717) is 12.5 Å². The van der Waals surface area contributed by atoms with Gasteiger partial charge in [-0.15, -0.1) is 0 Å². The number of benzene rings is 1. The Hall–Kier alpha value is -1.35. The maximum Gasteiger partial charge on any atom is 0.228 e. The van der Waals surface area contributed by atoms with Crippen molar-refractivity contribution in [2.45, 2.75) is 39.3 Å². The molecule has 0 radical (unpaired) electrons. The van der Waals surface area contributed by atoms with Gasteiger partial charge in [-0.2, -0.15) is 0 Å². The molecule has 1 unspecified atom stereocenters. The first-order valence-corrected chi connectivity index (χ1v) is 6.19. The Morgan fingerprint density at radius 1 is 1.41 bits per heavy atom. The molecule has 1 atom stereocenters. The van der Waals surface area contributed by atoms with E-state index in [1.165, 1.54) is 5.56 Å². The van der Waals surface area contributed by atoms with Crippen LogP contribution in [0.4, 0.5) is 5.69 Å². The molecule has 3 heteroatoms. The maximum absolute atomic E-state index is 12.0. The van der Waals surface area contributed by atoms with Gasteiger partial charge in [-0.1, -0.05) is 26.0 Å². The van der Waals surface area contributed by atoms with Gasteiger partial charge >= 0.3 is 0 Å². The molecule has 2 rings (SSSR count). The van der Waals surface area contributed by atoms with Crippen LogP contribution in [0.3, 0.4) is 0 Å². The van der Waals surface area contributed by atoms with Crippen molar-refractivity contribution in [2.24, 2.45) is 0 Å². The summed E-state index contributed by atoms with van der Waals surface area (Å²) in [5, 5.41) is 3.42. The number of hydrogen-bond donors (Lipinski definition) is 1. The number of amides is 1. The van der Waals surface area contributed by atoms with Crippen molar-refractivity contribution in [1.29, 1.82) is 0 Å². The molecule has 1 amide bonds. The summed E-state index contributed by atoms with van der Waals surface area (Å²) in [7, 11) is 0. The van der Waals surface area contributed by atoms with E-state index in [4.69, 9.17) is 0 Å². The Balaban J connectivity index is 2.10. The number of nitrogens with zero attached hydrogens (tertiary/aromatic N) is 1. The molecule has 1 aliphatic heterocycles. The normalized spacial score (nSPS) is 20.4. The molecule has 1 heterocycles. The Labute approximate surface area is 103 Å². The minimum absolute atomic E-state index is 0.216. The fourth-order valence-corrected chi connectivity index (χ4v) is 2.34. The fraction of sp³-hybridized carbons (Fsp3) is 0.500. The van der Waals surface area contributed by atoms with Crippen LogP contribution in [0.2, 0.25) is 0 Å². The molecule has 0 bridgehead atoms.